The Morgan fingerprint density at radius 3 is 2.29 bits per heavy atom. The van der Waals surface area contributed by atoms with Gasteiger partial charge in [-0.3, -0.25) is 0 Å². The minimum atomic E-state index is -0.827. The predicted octanol–water partition coefficient (Wildman–Crippen LogP) is 7.50. The summed E-state index contributed by atoms with van der Waals surface area (Å²) in [5, 5.41) is 9.32. The number of carboxylic acid groups (broad SMARTS) is 1. The van der Waals surface area contributed by atoms with Gasteiger partial charge >= 0.3 is 5.97 Å². The van der Waals surface area contributed by atoms with Crippen LogP contribution in [0.3, 0.4) is 0 Å². The number of benzene rings is 1. The third kappa shape index (κ3) is 3.35. The number of hydrogen-bond acceptors (Lipinski definition) is 2. The first-order valence-corrected chi connectivity index (χ1v) is 14.8. The summed E-state index contributed by atoms with van der Waals surface area (Å²) in [6.07, 6.45) is 15.3. The molecule has 10 unspecified atom stereocenters. The Labute approximate surface area is 212 Å². The maximum Gasteiger partial charge on any atom is 0.335 e. The Balaban J connectivity index is 1.25. The van der Waals surface area contributed by atoms with Gasteiger partial charge in [0.15, 0.2) is 0 Å². The van der Waals surface area contributed by atoms with Crippen LogP contribution in [0.4, 0.5) is 0 Å². The molecule has 0 heterocycles. The fourth-order valence-corrected chi connectivity index (χ4v) is 11.7. The van der Waals surface area contributed by atoms with Crippen LogP contribution in [-0.2, 0) is 0 Å². The van der Waals surface area contributed by atoms with E-state index in [2.05, 4.69) is 32.9 Å². The second kappa shape index (κ2) is 8.33. The summed E-state index contributed by atoms with van der Waals surface area (Å²) in [6, 6.07) is 7.81. The van der Waals surface area contributed by atoms with Crippen LogP contribution >= 0.6 is 0 Å². The van der Waals surface area contributed by atoms with Gasteiger partial charge in [0.1, 0.15) is 0 Å². The number of fused-ring (bicyclic) bond motifs is 7. The molecule has 0 amide bonds. The zero-order valence-electron chi connectivity index (χ0n) is 22.3. The molecule has 3 N–H and O–H groups in total. The third-order valence-corrected chi connectivity index (χ3v) is 13.3. The molecule has 0 radical (unpaired) electrons. The van der Waals surface area contributed by atoms with E-state index in [0.29, 0.717) is 33.6 Å². The highest BCUT2D eigenvalue weighted by Gasteiger charge is 2.64. The molecule has 3 heteroatoms. The fraction of sp³-hybridized carbons (Fsp3) is 0.781. The molecular formula is C32H47NO2. The molecular weight excluding hydrogens is 430 g/mol. The maximum atomic E-state index is 11.3. The van der Waals surface area contributed by atoms with Crippen molar-refractivity contribution in [2.24, 2.45) is 57.5 Å². The summed E-state index contributed by atoms with van der Waals surface area (Å²) in [7, 11) is 0. The van der Waals surface area contributed by atoms with Crippen LogP contribution in [0.15, 0.2) is 24.3 Å². The van der Waals surface area contributed by atoms with Crippen molar-refractivity contribution in [3.05, 3.63) is 35.4 Å². The van der Waals surface area contributed by atoms with E-state index in [1.807, 2.05) is 12.1 Å². The summed E-state index contributed by atoms with van der Waals surface area (Å²) >= 11 is 0. The van der Waals surface area contributed by atoms with Crippen molar-refractivity contribution in [1.29, 1.82) is 0 Å². The monoisotopic (exact) mass is 477 g/mol. The molecule has 0 saturated heterocycles. The second-order valence-corrected chi connectivity index (χ2v) is 14.1. The first-order valence-electron chi connectivity index (χ1n) is 14.8. The number of carboxylic acids is 1. The van der Waals surface area contributed by atoms with Gasteiger partial charge < -0.3 is 10.8 Å². The SMILES string of the molecule is CC1C(c2ccc(C(=O)O)cc2)CCC2(C)C1CCC1(C)C3CCC4(CN)CCCC4C3CCC21. The van der Waals surface area contributed by atoms with E-state index in [4.69, 9.17) is 5.73 Å². The number of nitrogens with two attached hydrogens (primary N) is 1. The lowest BCUT2D eigenvalue weighted by Gasteiger charge is -2.68. The molecule has 10 atom stereocenters. The molecule has 1 aromatic carbocycles. The molecule has 1 aromatic rings. The highest BCUT2D eigenvalue weighted by atomic mass is 16.4. The molecule has 3 nitrogen and oxygen atoms in total. The predicted molar refractivity (Wildman–Crippen MR) is 141 cm³/mol. The normalized spacial score (nSPS) is 48.9. The van der Waals surface area contributed by atoms with Crippen LogP contribution < -0.4 is 5.73 Å². The van der Waals surface area contributed by atoms with Gasteiger partial charge in [-0.15, -0.1) is 0 Å². The lowest BCUT2D eigenvalue weighted by atomic mass is 9.37. The van der Waals surface area contributed by atoms with Crippen LogP contribution in [0.5, 0.6) is 0 Å². The summed E-state index contributed by atoms with van der Waals surface area (Å²) in [6.45, 7) is 8.85. The zero-order chi connectivity index (χ0) is 24.6. The van der Waals surface area contributed by atoms with Crippen LogP contribution in [0.25, 0.3) is 0 Å². The Hall–Kier alpha value is -1.35. The number of hydrogen-bond donors (Lipinski definition) is 2. The van der Waals surface area contributed by atoms with Gasteiger partial charge in [0.2, 0.25) is 0 Å². The molecule has 192 valence electrons. The summed E-state index contributed by atoms with van der Waals surface area (Å²) in [5.41, 5.74) is 9.64. The summed E-state index contributed by atoms with van der Waals surface area (Å²) < 4.78 is 0. The molecule has 0 bridgehead atoms. The van der Waals surface area contributed by atoms with Crippen molar-refractivity contribution in [3.63, 3.8) is 0 Å². The van der Waals surface area contributed by atoms with Crippen molar-refractivity contribution < 1.29 is 9.90 Å². The third-order valence-electron chi connectivity index (χ3n) is 13.3. The van der Waals surface area contributed by atoms with Crippen molar-refractivity contribution >= 4 is 5.97 Å². The average molecular weight is 478 g/mol. The number of rotatable bonds is 3. The highest BCUT2D eigenvalue weighted by molar-refractivity contribution is 5.87. The van der Waals surface area contributed by atoms with Gasteiger partial charge in [0, 0.05) is 0 Å². The first-order chi connectivity index (χ1) is 16.7. The Morgan fingerprint density at radius 1 is 0.886 bits per heavy atom. The van der Waals surface area contributed by atoms with E-state index in [0.717, 1.165) is 36.1 Å². The van der Waals surface area contributed by atoms with Gasteiger partial charge in [-0.2, -0.15) is 0 Å². The molecule has 5 saturated carbocycles. The van der Waals surface area contributed by atoms with Crippen molar-refractivity contribution in [3.8, 4) is 0 Å². The largest absolute Gasteiger partial charge is 0.478 e. The minimum absolute atomic E-state index is 0.403. The molecule has 5 fully saturated rings. The van der Waals surface area contributed by atoms with Gasteiger partial charge in [0.05, 0.1) is 5.56 Å². The standard InChI is InChI=1S/C32H47NO2/c1-20-23(21-6-8-22(9-7-21)29(34)35)12-16-30(2)25(20)13-17-31(3)26-14-18-32(19-33)15-4-5-27(32)24(26)10-11-28(30)31/h6-9,20,23-28H,4-5,10-19,33H2,1-3H3,(H,34,35). The first kappa shape index (κ1) is 24.0. The quantitative estimate of drug-likeness (QED) is 0.474. The minimum Gasteiger partial charge on any atom is -0.478 e. The van der Waals surface area contributed by atoms with Gasteiger partial charge in [0.25, 0.3) is 0 Å². The Morgan fingerprint density at radius 2 is 1.57 bits per heavy atom. The molecule has 0 aromatic heterocycles. The van der Waals surface area contributed by atoms with Gasteiger partial charge in [-0.25, -0.2) is 4.79 Å². The van der Waals surface area contributed by atoms with Crippen molar-refractivity contribution in [2.45, 2.75) is 97.3 Å². The topological polar surface area (TPSA) is 63.3 Å². The fourth-order valence-electron chi connectivity index (χ4n) is 11.7. The van der Waals surface area contributed by atoms with E-state index in [1.54, 1.807) is 0 Å². The maximum absolute atomic E-state index is 11.3. The van der Waals surface area contributed by atoms with E-state index in [-0.39, 0.29) is 0 Å². The van der Waals surface area contributed by atoms with Crippen LogP contribution in [-0.4, -0.2) is 17.6 Å². The summed E-state index contributed by atoms with van der Waals surface area (Å²) in [5.74, 6) is 4.79. The average Bonchev–Trinajstić information content (AvgIpc) is 3.29. The lowest BCUT2D eigenvalue weighted by Crippen LogP contribution is -2.61. The Kier molecular flexibility index (Phi) is 5.72. The number of aromatic carboxylic acids is 1. The van der Waals surface area contributed by atoms with E-state index in [9.17, 15) is 9.90 Å². The van der Waals surface area contributed by atoms with E-state index in [1.165, 1.54) is 76.2 Å². The van der Waals surface area contributed by atoms with Crippen LogP contribution in [0.2, 0.25) is 0 Å². The molecule has 5 aliphatic rings. The molecule has 35 heavy (non-hydrogen) atoms. The van der Waals surface area contributed by atoms with Gasteiger partial charge in [-0.1, -0.05) is 39.3 Å². The smallest absolute Gasteiger partial charge is 0.335 e. The highest BCUT2D eigenvalue weighted by Crippen LogP contribution is 2.72. The number of carbonyl (C=O) groups is 1. The van der Waals surface area contributed by atoms with Crippen molar-refractivity contribution in [2.75, 3.05) is 6.54 Å². The molecule has 0 aliphatic heterocycles. The zero-order valence-corrected chi connectivity index (χ0v) is 22.3. The van der Waals surface area contributed by atoms with Crippen LogP contribution in [0, 0.1) is 51.8 Å². The molecule has 6 rings (SSSR count). The van der Waals surface area contributed by atoms with Crippen molar-refractivity contribution in [1.82, 2.24) is 0 Å². The van der Waals surface area contributed by atoms with E-state index < -0.39 is 5.97 Å². The molecule has 5 aliphatic carbocycles. The van der Waals surface area contributed by atoms with E-state index >= 15 is 0 Å². The Bertz CT molecular complexity index is 972. The molecule has 0 spiro atoms. The lowest BCUT2D eigenvalue weighted by molar-refractivity contribution is -0.184. The van der Waals surface area contributed by atoms with Crippen LogP contribution in [0.1, 0.15) is 113 Å². The second-order valence-electron chi connectivity index (χ2n) is 14.1. The van der Waals surface area contributed by atoms with Gasteiger partial charge in [-0.05, 0) is 146 Å². The summed E-state index contributed by atoms with van der Waals surface area (Å²) in [4.78, 5) is 11.3.